The molecular weight excluding hydrogens is 230 g/mol. The molecule has 0 amide bonds. The van der Waals surface area contributed by atoms with Crippen LogP contribution in [0.5, 0.6) is 0 Å². The van der Waals surface area contributed by atoms with E-state index in [9.17, 15) is 0 Å². The molecule has 0 N–H and O–H groups in total. The van der Waals surface area contributed by atoms with E-state index in [4.69, 9.17) is 4.74 Å². The molecule has 1 heterocycles. The summed E-state index contributed by atoms with van der Waals surface area (Å²) in [5.41, 5.74) is 0. The second kappa shape index (κ2) is 7.04. The molecule has 1 aromatic carbocycles. The van der Waals surface area contributed by atoms with Crippen molar-refractivity contribution in [3.8, 4) is 0 Å². The molecule has 1 fully saturated rings. The number of hydrogen-bond donors (Lipinski definition) is 0. The van der Waals surface area contributed by atoms with Crippen molar-refractivity contribution in [1.29, 1.82) is 0 Å². The van der Waals surface area contributed by atoms with Gasteiger partial charge in [-0.25, -0.2) is 0 Å². The topological polar surface area (TPSA) is 12.5 Å². The first-order valence-corrected chi connectivity index (χ1v) is 7.39. The summed E-state index contributed by atoms with van der Waals surface area (Å²) in [5.74, 6) is 1.17. The van der Waals surface area contributed by atoms with Crippen LogP contribution in [0.15, 0.2) is 35.2 Å². The van der Waals surface area contributed by atoms with E-state index in [2.05, 4.69) is 42.2 Å². The Balaban J connectivity index is 1.68. The highest BCUT2D eigenvalue weighted by atomic mass is 32.2. The van der Waals surface area contributed by atoms with Crippen molar-refractivity contribution in [3.63, 3.8) is 0 Å². The maximum Gasteiger partial charge on any atom is 0.0700 e. The molecule has 2 rings (SSSR count). The third kappa shape index (κ3) is 4.34. The molecule has 17 heavy (non-hydrogen) atoms. The number of benzene rings is 1. The molecule has 0 saturated carbocycles. The van der Waals surface area contributed by atoms with Crippen molar-refractivity contribution in [3.05, 3.63) is 30.3 Å². The standard InChI is InChI=1S/C14H21NOS/c1-2-13-12-15(8-10-16-13)9-11-17-14-6-4-3-5-7-14/h3-7,13H,2,8-12H2,1H3. The Hall–Kier alpha value is -0.510. The molecule has 0 bridgehead atoms. The molecule has 1 aromatic rings. The van der Waals surface area contributed by atoms with Crippen LogP contribution >= 0.6 is 11.8 Å². The fourth-order valence-corrected chi connectivity index (χ4v) is 2.97. The van der Waals surface area contributed by atoms with Crippen molar-refractivity contribution >= 4 is 11.8 Å². The second-order valence-corrected chi connectivity index (χ2v) is 5.53. The molecule has 2 nitrogen and oxygen atoms in total. The highest BCUT2D eigenvalue weighted by molar-refractivity contribution is 7.99. The number of ether oxygens (including phenoxy) is 1. The molecule has 0 aromatic heterocycles. The molecule has 0 aliphatic carbocycles. The lowest BCUT2D eigenvalue weighted by Gasteiger charge is -2.32. The predicted molar refractivity (Wildman–Crippen MR) is 73.6 cm³/mol. The zero-order valence-corrected chi connectivity index (χ0v) is 11.3. The Bertz CT molecular complexity index is 317. The zero-order chi connectivity index (χ0) is 11.9. The van der Waals surface area contributed by atoms with E-state index in [0.717, 1.165) is 26.1 Å². The first kappa shape index (κ1) is 12.9. The lowest BCUT2D eigenvalue weighted by atomic mass is 10.2. The molecule has 1 unspecified atom stereocenters. The van der Waals surface area contributed by atoms with E-state index >= 15 is 0 Å². The number of nitrogens with zero attached hydrogens (tertiary/aromatic N) is 1. The Morgan fingerprint density at radius 3 is 2.94 bits per heavy atom. The smallest absolute Gasteiger partial charge is 0.0700 e. The van der Waals surface area contributed by atoms with Gasteiger partial charge in [-0.2, -0.15) is 0 Å². The Kier molecular flexibility index (Phi) is 5.36. The first-order valence-electron chi connectivity index (χ1n) is 6.40. The number of hydrogen-bond acceptors (Lipinski definition) is 3. The van der Waals surface area contributed by atoms with E-state index in [-0.39, 0.29) is 0 Å². The SMILES string of the molecule is CCC1CN(CCSc2ccccc2)CCO1. The average Bonchev–Trinajstić information content (AvgIpc) is 2.40. The largest absolute Gasteiger partial charge is 0.376 e. The summed E-state index contributed by atoms with van der Waals surface area (Å²) in [6, 6.07) is 10.6. The minimum atomic E-state index is 0.450. The van der Waals surface area contributed by atoms with Crippen LogP contribution in [0.4, 0.5) is 0 Å². The van der Waals surface area contributed by atoms with Gasteiger partial charge in [0.15, 0.2) is 0 Å². The van der Waals surface area contributed by atoms with Gasteiger partial charge in [0.25, 0.3) is 0 Å². The summed E-state index contributed by atoms with van der Waals surface area (Å²) in [4.78, 5) is 3.89. The van der Waals surface area contributed by atoms with Gasteiger partial charge < -0.3 is 4.74 Å². The predicted octanol–water partition coefficient (Wildman–Crippen LogP) is 2.89. The third-order valence-corrected chi connectivity index (χ3v) is 4.09. The fourth-order valence-electron chi connectivity index (χ4n) is 2.04. The van der Waals surface area contributed by atoms with Gasteiger partial charge in [0, 0.05) is 30.3 Å². The third-order valence-electron chi connectivity index (χ3n) is 3.10. The molecule has 1 saturated heterocycles. The minimum absolute atomic E-state index is 0.450. The summed E-state index contributed by atoms with van der Waals surface area (Å²) in [6.07, 6.45) is 1.58. The van der Waals surface area contributed by atoms with E-state index < -0.39 is 0 Å². The fraction of sp³-hybridized carbons (Fsp3) is 0.571. The summed E-state index contributed by atoms with van der Waals surface area (Å²) in [7, 11) is 0. The van der Waals surface area contributed by atoms with E-state index in [1.165, 1.54) is 17.2 Å². The highest BCUT2D eigenvalue weighted by Crippen LogP contribution is 2.17. The van der Waals surface area contributed by atoms with Crippen LogP contribution in [0, 0.1) is 0 Å². The molecule has 1 aliphatic rings. The summed E-state index contributed by atoms with van der Waals surface area (Å²) >= 11 is 1.94. The lowest BCUT2D eigenvalue weighted by molar-refractivity contribution is -0.0274. The molecule has 0 radical (unpaired) electrons. The van der Waals surface area contributed by atoms with Gasteiger partial charge >= 0.3 is 0 Å². The van der Waals surface area contributed by atoms with Crippen molar-refractivity contribution in [1.82, 2.24) is 4.90 Å². The maximum absolute atomic E-state index is 5.67. The number of morpholine rings is 1. The minimum Gasteiger partial charge on any atom is -0.376 e. The van der Waals surface area contributed by atoms with E-state index in [0.29, 0.717) is 6.10 Å². The molecule has 1 aliphatic heterocycles. The van der Waals surface area contributed by atoms with Crippen molar-refractivity contribution in [2.45, 2.75) is 24.3 Å². The van der Waals surface area contributed by atoms with Gasteiger partial charge in [0.1, 0.15) is 0 Å². The lowest BCUT2D eigenvalue weighted by Crippen LogP contribution is -2.43. The first-order chi connectivity index (χ1) is 8.38. The van der Waals surface area contributed by atoms with Gasteiger partial charge in [-0.1, -0.05) is 25.1 Å². The van der Waals surface area contributed by atoms with Gasteiger partial charge in [-0.05, 0) is 18.6 Å². The van der Waals surface area contributed by atoms with E-state index in [1.54, 1.807) is 0 Å². The number of thioether (sulfide) groups is 1. The van der Waals surface area contributed by atoms with Crippen molar-refractivity contribution in [2.24, 2.45) is 0 Å². The zero-order valence-electron chi connectivity index (χ0n) is 10.5. The number of rotatable bonds is 5. The van der Waals surface area contributed by atoms with Gasteiger partial charge in [0.2, 0.25) is 0 Å². The average molecular weight is 251 g/mol. The normalized spacial score (nSPS) is 21.6. The maximum atomic E-state index is 5.67. The molecule has 94 valence electrons. The van der Waals surface area contributed by atoms with Gasteiger partial charge in [-0.15, -0.1) is 11.8 Å². The van der Waals surface area contributed by atoms with Crippen LogP contribution in [-0.2, 0) is 4.74 Å². The Morgan fingerprint density at radius 2 is 2.18 bits per heavy atom. The summed E-state index contributed by atoms with van der Waals surface area (Å²) < 4.78 is 5.67. The molecule has 3 heteroatoms. The summed E-state index contributed by atoms with van der Waals surface area (Å²) in [5, 5.41) is 0. The molecule has 0 spiro atoms. The summed E-state index contributed by atoms with van der Waals surface area (Å²) in [6.45, 7) is 6.46. The molecule has 1 atom stereocenters. The van der Waals surface area contributed by atoms with Crippen LogP contribution in [-0.4, -0.2) is 43.0 Å². The van der Waals surface area contributed by atoms with Crippen LogP contribution in [0.2, 0.25) is 0 Å². The monoisotopic (exact) mass is 251 g/mol. The van der Waals surface area contributed by atoms with Gasteiger partial charge in [-0.3, -0.25) is 4.90 Å². The molecular formula is C14H21NOS. The quantitative estimate of drug-likeness (QED) is 0.747. The van der Waals surface area contributed by atoms with Crippen LogP contribution < -0.4 is 0 Å². The van der Waals surface area contributed by atoms with Crippen LogP contribution in [0.1, 0.15) is 13.3 Å². The van der Waals surface area contributed by atoms with Crippen LogP contribution in [0.25, 0.3) is 0 Å². The highest BCUT2D eigenvalue weighted by Gasteiger charge is 2.18. The van der Waals surface area contributed by atoms with Crippen LogP contribution in [0.3, 0.4) is 0 Å². The van der Waals surface area contributed by atoms with Crippen molar-refractivity contribution in [2.75, 3.05) is 32.0 Å². The second-order valence-electron chi connectivity index (χ2n) is 4.36. The Labute approximate surface area is 108 Å². The Morgan fingerprint density at radius 1 is 1.35 bits per heavy atom. The van der Waals surface area contributed by atoms with Crippen molar-refractivity contribution < 1.29 is 4.74 Å². The van der Waals surface area contributed by atoms with Gasteiger partial charge in [0.05, 0.1) is 12.7 Å². The van der Waals surface area contributed by atoms with E-state index in [1.807, 2.05) is 11.8 Å².